The third-order valence-electron chi connectivity index (χ3n) is 4.45. The summed E-state index contributed by atoms with van der Waals surface area (Å²) >= 11 is 3.49. The quantitative estimate of drug-likeness (QED) is 0.444. The molecule has 0 N–H and O–H groups in total. The van der Waals surface area contributed by atoms with Crippen molar-refractivity contribution in [1.82, 2.24) is 0 Å². The molecular formula is C24H17BrO3. The highest BCUT2D eigenvalue weighted by Gasteiger charge is 2.27. The van der Waals surface area contributed by atoms with Crippen LogP contribution in [0.4, 0.5) is 0 Å². The van der Waals surface area contributed by atoms with Crippen molar-refractivity contribution in [3.8, 4) is 11.5 Å². The van der Waals surface area contributed by atoms with E-state index in [2.05, 4.69) is 22.5 Å². The number of hydrogen-bond acceptors (Lipinski definition) is 3. The molecule has 0 bridgehead atoms. The first kappa shape index (κ1) is 18.3. The van der Waals surface area contributed by atoms with Crippen LogP contribution in [0.25, 0.3) is 12.2 Å². The maximum absolute atomic E-state index is 12.6. The van der Waals surface area contributed by atoms with Crippen molar-refractivity contribution in [3.63, 3.8) is 0 Å². The normalized spacial score (nSPS) is 13.9. The highest BCUT2D eigenvalue weighted by Crippen LogP contribution is 2.35. The van der Waals surface area contributed by atoms with Gasteiger partial charge in [0.05, 0.1) is 5.56 Å². The van der Waals surface area contributed by atoms with Crippen LogP contribution in [-0.2, 0) is 6.61 Å². The van der Waals surface area contributed by atoms with Crippen LogP contribution in [0.1, 0.15) is 27.0 Å². The van der Waals surface area contributed by atoms with Crippen LogP contribution < -0.4 is 9.47 Å². The van der Waals surface area contributed by atoms with Gasteiger partial charge in [-0.3, -0.25) is 4.79 Å². The minimum Gasteiger partial charge on any atom is -0.489 e. The molecule has 0 saturated carbocycles. The van der Waals surface area contributed by atoms with E-state index in [1.807, 2.05) is 48.5 Å². The van der Waals surface area contributed by atoms with Crippen LogP contribution in [-0.4, -0.2) is 5.78 Å². The smallest absolute Gasteiger partial charge is 0.231 e. The van der Waals surface area contributed by atoms with Gasteiger partial charge < -0.3 is 9.47 Å². The lowest BCUT2D eigenvalue weighted by atomic mass is 10.1. The second-order valence-electron chi connectivity index (χ2n) is 6.35. The summed E-state index contributed by atoms with van der Waals surface area (Å²) in [4.78, 5) is 12.6. The number of carbonyl (C=O) groups excluding carboxylic acids is 1. The average molecular weight is 433 g/mol. The van der Waals surface area contributed by atoms with Gasteiger partial charge in [-0.1, -0.05) is 71.0 Å². The van der Waals surface area contributed by atoms with Gasteiger partial charge in [-0.2, -0.15) is 0 Å². The average Bonchev–Trinajstić information content (AvgIpc) is 3.03. The molecule has 28 heavy (non-hydrogen) atoms. The van der Waals surface area contributed by atoms with E-state index < -0.39 is 0 Å². The molecule has 0 aliphatic carbocycles. The number of allylic oxidation sites excluding steroid dienone is 1. The van der Waals surface area contributed by atoms with E-state index in [9.17, 15) is 4.79 Å². The third kappa shape index (κ3) is 3.78. The molecule has 0 spiro atoms. The van der Waals surface area contributed by atoms with Crippen molar-refractivity contribution in [2.24, 2.45) is 0 Å². The molecule has 0 amide bonds. The lowest BCUT2D eigenvalue weighted by Crippen LogP contribution is -1.98. The Balaban J connectivity index is 1.50. The second kappa shape index (κ2) is 7.87. The molecule has 3 aromatic carbocycles. The van der Waals surface area contributed by atoms with E-state index in [1.54, 1.807) is 30.4 Å². The van der Waals surface area contributed by atoms with Crippen molar-refractivity contribution in [3.05, 3.63) is 106 Å². The Morgan fingerprint density at radius 3 is 2.57 bits per heavy atom. The number of fused-ring (bicyclic) bond motifs is 1. The highest BCUT2D eigenvalue weighted by molar-refractivity contribution is 9.10. The molecular weight excluding hydrogens is 416 g/mol. The number of ketones is 1. The predicted octanol–water partition coefficient (Wildman–Crippen LogP) is 6.29. The Labute approximate surface area is 172 Å². The van der Waals surface area contributed by atoms with Crippen LogP contribution in [0.5, 0.6) is 11.5 Å². The van der Waals surface area contributed by atoms with Crippen LogP contribution in [0.3, 0.4) is 0 Å². The first-order valence-corrected chi connectivity index (χ1v) is 9.60. The third-order valence-corrected chi connectivity index (χ3v) is 5.18. The Morgan fingerprint density at radius 1 is 1.04 bits per heavy atom. The predicted molar refractivity (Wildman–Crippen MR) is 114 cm³/mol. The van der Waals surface area contributed by atoms with Gasteiger partial charge >= 0.3 is 0 Å². The van der Waals surface area contributed by atoms with Gasteiger partial charge in [0.2, 0.25) is 5.78 Å². The van der Waals surface area contributed by atoms with Crippen molar-refractivity contribution < 1.29 is 14.3 Å². The number of benzene rings is 3. The van der Waals surface area contributed by atoms with Crippen LogP contribution >= 0.6 is 15.9 Å². The fourth-order valence-electron chi connectivity index (χ4n) is 2.91. The molecule has 0 radical (unpaired) electrons. The Hall–Kier alpha value is -3.11. The van der Waals surface area contributed by atoms with Crippen LogP contribution in [0, 0.1) is 0 Å². The largest absolute Gasteiger partial charge is 0.489 e. The van der Waals surface area contributed by atoms with E-state index in [-0.39, 0.29) is 5.78 Å². The second-order valence-corrected chi connectivity index (χ2v) is 7.21. The zero-order valence-electron chi connectivity index (χ0n) is 15.0. The summed E-state index contributed by atoms with van der Waals surface area (Å²) in [7, 11) is 0. The summed E-state index contributed by atoms with van der Waals surface area (Å²) in [5, 5.41) is 0. The maximum Gasteiger partial charge on any atom is 0.231 e. The topological polar surface area (TPSA) is 35.5 Å². The van der Waals surface area contributed by atoms with Crippen molar-refractivity contribution in [2.45, 2.75) is 6.61 Å². The maximum atomic E-state index is 12.6. The molecule has 1 heterocycles. The molecule has 0 aromatic heterocycles. The fourth-order valence-corrected chi connectivity index (χ4v) is 3.31. The summed E-state index contributed by atoms with van der Waals surface area (Å²) < 4.78 is 12.6. The van der Waals surface area contributed by atoms with E-state index >= 15 is 0 Å². The van der Waals surface area contributed by atoms with Crippen LogP contribution in [0.2, 0.25) is 0 Å². The molecule has 0 atom stereocenters. The minimum absolute atomic E-state index is 0.127. The van der Waals surface area contributed by atoms with Gasteiger partial charge in [-0.05, 0) is 41.0 Å². The molecule has 0 unspecified atom stereocenters. The molecule has 0 fully saturated rings. The van der Waals surface area contributed by atoms with Gasteiger partial charge in [-0.25, -0.2) is 0 Å². The fraction of sp³-hybridized carbons (Fsp3) is 0.0417. The van der Waals surface area contributed by atoms with Gasteiger partial charge in [-0.15, -0.1) is 0 Å². The molecule has 0 saturated heterocycles. The number of Topliss-reactive ketones (excluding diaryl/α,β-unsaturated/α-hetero) is 1. The van der Waals surface area contributed by atoms with Gasteiger partial charge in [0.15, 0.2) is 5.76 Å². The van der Waals surface area contributed by atoms with Crippen molar-refractivity contribution >= 4 is 33.9 Å². The standard InChI is InChI=1S/C24H17BrO3/c1-2-16-7-9-17(10-8-16)15-27-19-11-12-20-22(14-19)28-23(24(20)26)13-18-5-3-4-6-21(18)25/h2-14H,1,15H2. The molecule has 4 rings (SSSR count). The highest BCUT2D eigenvalue weighted by atomic mass is 79.9. The molecule has 1 aliphatic heterocycles. The van der Waals surface area contributed by atoms with E-state index in [0.29, 0.717) is 29.4 Å². The molecule has 3 nitrogen and oxygen atoms in total. The van der Waals surface area contributed by atoms with Gasteiger partial charge in [0, 0.05) is 10.5 Å². The summed E-state index contributed by atoms with van der Waals surface area (Å²) in [6, 6.07) is 21.0. The van der Waals surface area contributed by atoms with Gasteiger partial charge in [0.1, 0.15) is 18.1 Å². The van der Waals surface area contributed by atoms with Crippen LogP contribution in [0.15, 0.2) is 83.5 Å². The number of rotatable bonds is 5. The Kier molecular flexibility index (Phi) is 5.13. The number of halogens is 1. The first-order chi connectivity index (χ1) is 13.6. The summed E-state index contributed by atoms with van der Waals surface area (Å²) in [5.41, 5.74) is 3.55. The van der Waals surface area contributed by atoms with E-state index in [1.165, 1.54) is 0 Å². The summed E-state index contributed by atoms with van der Waals surface area (Å²) in [6.07, 6.45) is 3.55. The van der Waals surface area contributed by atoms with E-state index in [0.717, 1.165) is 21.2 Å². The Morgan fingerprint density at radius 2 is 1.82 bits per heavy atom. The minimum atomic E-state index is -0.127. The zero-order valence-corrected chi connectivity index (χ0v) is 16.6. The number of carbonyl (C=O) groups is 1. The van der Waals surface area contributed by atoms with Crippen molar-refractivity contribution in [1.29, 1.82) is 0 Å². The first-order valence-electron chi connectivity index (χ1n) is 8.81. The molecule has 138 valence electrons. The SMILES string of the molecule is C=Cc1ccc(COc2ccc3c(c2)OC(=Cc2ccccc2Br)C3=O)cc1. The number of hydrogen-bond donors (Lipinski definition) is 0. The molecule has 4 heteroatoms. The summed E-state index contributed by atoms with van der Waals surface area (Å²) in [6.45, 7) is 4.19. The molecule has 1 aliphatic rings. The zero-order chi connectivity index (χ0) is 19.5. The monoisotopic (exact) mass is 432 g/mol. The Bertz CT molecular complexity index is 1080. The molecule has 3 aromatic rings. The lowest BCUT2D eigenvalue weighted by Gasteiger charge is -2.07. The van der Waals surface area contributed by atoms with Crippen molar-refractivity contribution in [2.75, 3.05) is 0 Å². The van der Waals surface area contributed by atoms with E-state index in [4.69, 9.17) is 9.47 Å². The van der Waals surface area contributed by atoms with Gasteiger partial charge in [0.25, 0.3) is 0 Å². The summed E-state index contributed by atoms with van der Waals surface area (Å²) in [5.74, 6) is 1.35. The lowest BCUT2D eigenvalue weighted by molar-refractivity contribution is 0.101. The number of ether oxygens (including phenoxy) is 2.